The van der Waals surface area contributed by atoms with Gasteiger partial charge in [-0.05, 0) is 24.0 Å². The summed E-state index contributed by atoms with van der Waals surface area (Å²) >= 11 is 1.52. The highest BCUT2D eigenvalue weighted by atomic mass is 32.2. The molecule has 0 fully saturated rings. The molecule has 0 aliphatic heterocycles. The molecule has 1 aromatic rings. The van der Waals surface area contributed by atoms with E-state index < -0.39 is 0 Å². The van der Waals surface area contributed by atoms with Crippen molar-refractivity contribution in [2.24, 2.45) is 5.90 Å². The summed E-state index contributed by atoms with van der Waals surface area (Å²) in [6, 6.07) is 5.18. The zero-order valence-corrected chi connectivity index (χ0v) is 8.23. The van der Waals surface area contributed by atoms with Crippen LogP contribution >= 0.6 is 11.8 Å². The number of thioether (sulfide) groups is 1. The monoisotopic (exact) mass is 201 g/mol. The van der Waals surface area contributed by atoms with E-state index in [4.69, 9.17) is 5.90 Å². The zero-order valence-electron chi connectivity index (χ0n) is 7.42. The number of rotatable bonds is 4. The van der Waals surface area contributed by atoms with E-state index in [-0.39, 0.29) is 5.82 Å². The first-order chi connectivity index (χ1) is 6.27. The molecule has 2 nitrogen and oxygen atoms in total. The van der Waals surface area contributed by atoms with Gasteiger partial charge in [-0.15, -0.1) is 11.8 Å². The van der Waals surface area contributed by atoms with Crippen LogP contribution in [-0.4, -0.2) is 12.9 Å². The third-order valence-electron chi connectivity index (χ3n) is 1.75. The Morgan fingerprint density at radius 2 is 2.31 bits per heavy atom. The van der Waals surface area contributed by atoms with Crippen LogP contribution in [-0.2, 0) is 11.3 Å². The van der Waals surface area contributed by atoms with Gasteiger partial charge in [-0.2, -0.15) is 0 Å². The van der Waals surface area contributed by atoms with E-state index in [9.17, 15) is 4.39 Å². The fourth-order valence-corrected chi connectivity index (χ4v) is 1.45. The van der Waals surface area contributed by atoms with Gasteiger partial charge in [0.05, 0.1) is 6.61 Å². The van der Waals surface area contributed by atoms with Crippen LogP contribution in [0.1, 0.15) is 5.56 Å². The summed E-state index contributed by atoms with van der Waals surface area (Å²) in [5.74, 6) is 4.67. The van der Waals surface area contributed by atoms with Crippen molar-refractivity contribution in [3.63, 3.8) is 0 Å². The molecule has 0 bridgehead atoms. The van der Waals surface area contributed by atoms with Crippen molar-refractivity contribution in [2.45, 2.75) is 11.3 Å². The third-order valence-corrected chi connectivity index (χ3v) is 2.47. The average molecular weight is 201 g/mol. The fraction of sp³-hybridized carbons (Fsp3) is 0.333. The van der Waals surface area contributed by atoms with Crippen LogP contribution in [0.25, 0.3) is 0 Å². The molecule has 0 unspecified atom stereocenters. The largest absolute Gasteiger partial charge is 0.304 e. The topological polar surface area (TPSA) is 35.2 Å². The molecule has 0 aliphatic carbocycles. The predicted octanol–water partition coefficient (Wildman–Crippen LogP) is 1.98. The number of nitrogens with two attached hydrogens (primary N) is 1. The van der Waals surface area contributed by atoms with E-state index in [1.165, 1.54) is 17.8 Å². The minimum atomic E-state index is -0.191. The number of hydrogen-bond acceptors (Lipinski definition) is 3. The maximum Gasteiger partial charge on any atom is 0.127 e. The molecule has 0 saturated carbocycles. The Kier molecular flexibility index (Phi) is 4.21. The molecular weight excluding hydrogens is 189 g/mol. The molecule has 0 heterocycles. The molecule has 0 radical (unpaired) electrons. The average Bonchev–Trinajstić information content (AvgIpc) is 2.16. The van der Waals surface area contributed by atoms with Gasteiger partial charge in [-0.1, -0.05) is 6.07 Å². The standard InChI is InChI=1S/C9H12FNOS/c1-13-8-3-2-7(4-5-12-11)9(10)6-8/h2-3,6H,4-5,11H2,1H3. The minimum absolute atomic E-state index is 0.191. The Morgan fingerprint density at radius 3 is 2.85 bits per heavy atom. The minimum Gasteiger partial charge on any atom is -0.304 e. The second-order valence-corrected chi connectivity index (χ2v) is 3.46. The Hall–Kier alpha value is -0.580. The maximum absolute atomic E-state index is 13.3. The molecule has 0 aliphatic rings. The van der Waals surface area contributed by atoms with E-state index >= 15 is 0 Å². The van der Waals surface area contributed by atoms with E-state index in [0.717, 1.165) is 4.90 Å². The SMILES string of the molecule is CSc1ccc(CCON)c(F)c1. The summed E-state index contributed by atoms with van der Waals surface area (Å²) in [7, 11) is 0. The van der Waals surface area contributed by atoms with Gasteiger partial charge in [0.1, 0.15) is 5.82 Å². The van der Waals surface area contributed by atoms with Gasteiger partial charge in [0.2, 0.25) is 0 Å². The van der Waals surface area contributed by atoms with Crippen molar-refractivity contribution in [3.8, 4) is 0 Å². The normalized spacial score (nSPS) is 10.4. The Labute approximate surface area is 81.2 Å². The lowest BCUT2D eigenvalue weighted by molar-refractivity contribution is 0.140. The van der Waals surface area contributed by atoms with Crippen LogP contribution in [0.15, 0.2) is 23.1 Å². The highest BCUT2D eigenvalue weighted by Gasteiger charge is 2.02. The van der Waals surface area contributed by atoms with Crippen molar-refractivity contribution >= 4 is 11.8 Å². The molecule has 0 spiro atoms. The van der Waals surface area contributed by atoms with E-state index in [0.29, 0.717) is 18.6 Å². The highest BCUT2D eigenvalue weighted by molar-refractivity contribution is 7.98. The molecule has 4 heteroatoms. The van der Waals surface area contributed by atoms with Crippen molar-refractivity contribution in [3.05, 3.63) is 29.6 Å². The van der Waals surface area contributed by atoms with Crippen LogP contribution in [0, 0.1) is 5.82 Å². The van der Waals surface area contributed by atoms with E-state index in [1.54, 1.807) is 6.07 Å². The van der Waals surface area contributed by atoms with Crippen molar-refractivity contribution < 1.29 is 9.23 Å². The van der Waals surface area contributed by atoms with E-state index in [1.807, 2.05) is 12.3 Å². The van der Waals surface area contributed by atoms with Crippen LogP contribution < -0.4 is 5.90 Å². The highest BCUT2D eigenvalue weighted by Crippen LogP contribution is 2.18. The van der Waals surface area contributed by atoms with Gasteiger partial charge in [-0.3, -0.25) is 0 Å². The summed E-state index contributed by atoms with van der Waals surface area (Å²) in [5, 5.41) is 0. The van der Waals surface area contributed by atoms with Crippen molar-refractivity contribution in [1.82, 2.24) is 0 Å². The second kappa shape index (κ2) is 5.21. The van der Waals surface area contributed by atoms with E-state index in [2.05, 4.69) is 4.84 Å². The number of halogens is 1. The summed E-state index contributed by atoms with van der Waals surface area (Å²) < 4.78 is 13.3. The molecule has 0 amide bonds. The summed E-state index contributed by atoms with van der Waals surface area (Å²) in [6.07, 6.45) is 2.43. The molecule has 13 heavy (non-hydrogen) atoms. The van der Waals surface area contributed by atoms with Gasteiger partial charge < -0.3 is 4.84 Å². The summed E-state index contributed by atoms with van der Waals surface area (Å²) in [6.45, 7) is 0.343. The van der Waals surface area contributed by atoms with Gasteiger partial charge in [0.15, 0.2) is 0 Å². The fourth-order valence-electron chi connectivity index (χ4n) is 1.03. The molecule has 0 saturated heterocycles. The molecular formula is C9H12FNOS. The first kappa shape index (κ1) is 10.5. The first-order valence-corrected chi connectivity index (χ1v) is 5.14. The van der Waals surface area contributed by atoms with Crippen molar-refractivity contribution in [1.29, 1.82) is 0 Å². The summed E-state index contributed by atoms with van der Waals surface area (Å²) in [4.78, 5) is 5.31. The van der Waals surface area contributed by atoms with Gasteiger partial charge >= 0.3 is 0 Å². The number of benzene rings is 1. The van der Waals surface area contributed by atoms with Gasteiger partial charge in [-0.25, -0.2) is 10.3 Å². The lowest BCUT2D eigenvalue weighted by Gasteiger charge is -2.03. The predicted molar refractivity (Wildman–Crippen MR) is 52.0 cm³/mol. The second-order valence-electron chi connectivity index (χ2n) is 2.58. The summed E-state index contributed by atoms with van der Waals surface area (Å²) in [5.41, 5.74) is 0.642. The maximum atomic E-state index is 13.3. The lowest BCUT2D eigenvalue weighted by atomic mass is 10.1. The Balaban J connectivity index is 2.73. The molecule has 72 valence electrons. The van der Waals surface area contributed by atoms with Crippen LogP contribution in [0.4, 0.5) is 4.39 Å². The quantitative estimate of drug-likeness (QED) is 0.597. The molecule has 0 atom stereocenters. The van der Waals surface area contributed by atoms with Crippen LogP contribution in [0.3, 0.4) is 0 Å². The van der Waals surface area contributed by atoms with Crippen LogP contribution in [0.2, 0.25) is 0 Å². The molecule has 1 rings (SSSR count). The van der Waals surface area contributed by atoms with Gasteiger partial charge in [0.25, 0.3) is 0 Å². The smallest absolute Gasteiger partial charge is 0.127 e. The van der Waals surface area contributed by atoms with Gasteiger partial charge in [0, 0.05) is 11.3 Å². The first-order valence-electron chi connectivity index (χ1n) is 3.92. The lowest BCUT2D eigenvalue weighted by Crippen LogP contribution is -2.04. The molecule has 2 N–H and O–H groups in total. The Morgan fingerprint density at radius 1 is 1.54 bits per heavy atom. The Bertz CT molecular complexity index is 280. The zero-order chi connectivity index (χ0) is 9.68. The van der Waals surface area contributed by atoms with Crippen LogP contribution in [0.5, 0.6) is 0 Å². The number of hydrogen-bond donors (Lipinski definition) is 1. The molecule has 1 aromatic carbocycles. The molecule has 0 aromatic heterocycles. The van der Waals surface area contributed by atoms with Crippen molar-refractivity contribution in [2.75, 3.05) is 12.9 Å². The third kappa shape index (κ3) is 2.99.